The molecule has 2 N–H and O–H groups in total. The number of carbonyl (C=O) groups excluding carboxylic acids is 2. The van der Waals surface area contributed by atoms with E-state index in [1.807, 2.05) is 0 Å². The van der Waals surface area contributed by atoms with Crippen LogP contribution in [0.3, 0.4) is 0 Å². The number of nitrogens with one attached hydrogen (secondary N) is 1. The maximum Gasteiger partial charge on any atom is 0.417 e. The van der Waals surface area contributed by atoms with Gasteiger partial charge in [-0.15, -0.1) is 0 Å². The lowest BCUT2D eigenvalue weighted by atomic mass is 10.1. The zero-order chi connectivity index (χ0) is 18.1. The second-order valence-electron chi connectivity index (χ2n) is 4.69. The van der Waals surface area contributed by atoms with Crippen molar-refractivity contribution >= 4 is 33.4 Å². The first kappa shape index (κ1) is 18.0. The number of rotatable bonds is 4. The molecular formula is C14H9BrF3N3O3. The second kappa shape index (κ2) is 6.62. The zero-order valence-electron chi connectivity index (χ0n) is 11.8. The number of anilines is 1. The van der Waals surface area contributed by atoms with Crippen LogP contribution in [0, 0.1) is 11.3 Å². The van der Waals surface area contributed by atoms with Crippen molar-refractivity contribution in [2.24, 2.45) is 0 Å². The number of aliphatic hydroxyl groups excluding tert-OH is 1. The first-order valence-corrected chi connectivity index (χ1v) is 7.24. The Morgan fingerprint density at radius 3 is 2.54 bits per heavy atom. The van der Waals surface area contributed by atoms with Gasteiger partial charge in [0, 0.05) is 10.5 Å². The summed E-state index contributed by atoms with van der Waals surface area (Å²) < 4.78 is 39.1. The molecular weight excluding hydrogens is 395 g/mol. The highest BCUT2D eigenvalue weighted by molar-refractivity contribution is 9.10. The summed E-state index contributed by atoms with van der Waals surface area (Å²) >= 11 is 3.02. The average Bonchev–Trinajstić information content (AvgIpc) is 2.75. The van der Waals surface area contributed by atoms with Crippen LogP contribution in [0.5, 0.6) is 0 Å². The number of imide groups is 1. The van der Waals surface area contributed by atoms with Crippen molar-refractivity contribution in [3.05, 3.63) is 39.5 Å². The predicted molar refractivity (Wildman–Crippen MR) is 79.4 cm³/mol. The number of carbonyl (C=O) groups is 2. The number of halogens is 4. The lowest BCUT2D eigenvalue weighted by Gasteiger charge is -2.16. The van der Waals surface area contributed by atoms with E-state index in [4.69, 9.17) is 10.4 Å². The average molecular weight is 404 g/mol. The Morgan fingerprint density at radius 2 is 2.00 bits per heavy atom. The number of hydrogen-bond donors (Lipinski definition) is 2. The topological polar surface area (TPSA) is 93.4 Å². The van der Waals surface area contributed by atoms with E-state index in [9.17, 15) is 22.8 Å². The Hall–Kier alpha value is -2.38. The molecule has 1 heterocycles. The van der Waals surface area contributed by atoms with Crippen LogP contribution in [-0.4, -0.2) is 35.0 Å². The van der Waals surface area contributed by atoms with Gasteiger partial charge in [-0.25, -0.2) is 0 Å². The molecule has 0 unspecified atom stereocenters. The van der Waals surface area contributed by atoms with Crippen LogP contribution < -0.4 is 5.32 Å². The Bertz CT molecular complexity index is 784. The fourth-order valence-corrected chi connectivity index (χ4v) is 2.49. The highest BCUT2D eigenvalue weighted by Crippen LogP contribution is 2.37. The van der Waals surface area contributed by atoms with Gasteiger partial charge in [0.05, 0.1) is 36.0 Å². The number of β-amino-alcohol motifs (C(OH)–C–C–N with tert-alkyl or cyclic N) is 1. The summed E-state index contributed by atoms with van der Waals surface area (Å²) in [7, 11) is 0. The van der Waals surface area contributed by atoms with Crippen LogP contribution in [0.25, 0.3) is 0 Å². The molecule has 10 heteroatoms. The van der Waals surface area contributed by atoms with Crippen molar-refractivity contribution in [3.63, 3.8) is 0 Å². The number of benzene rings is 1. The number of hydrogen-bond acceptors (Lipinski definition) is 5. The number of nitriles is 1. The minimum absolute atomic E-state index is 0.119. The molecule has 0 bridgehead atoms. The zero-order valence-corrected chi connectivity index (χ0v) is 13.4. The standard InChI is InChI=1S/C14H9BrF3N3O3/c15-9-3-7(6-19)8(14(16,17)18)4-10(9)20-11-5-12(23)21(1-2-22)13(11)24/h3-5,20,22H,1-2H2. The number of nitrogens with zero attached hydrogens (tertiary/aromatic N) is 2. The Labute approximate surface area is 142 Å². The molecule has 126 valence electrons. The van der Waals surface area contributed by atoms with E-state index in [1.54, 1.807) is 0 Å². The molecule has 6 nitrogen and oxygen atoms in total. The Kier molecular flexibility index (Phi) is 4.96. The fourth-order valence-electron chi connectivity index (χ4n) is 2.05. The van der Waals surface area contributed by atoms with Crippen molar-refractivity contribution in [2.75, 3.05) is 18.5 Å². The molecule has 1 aliphatic rings. The molecule has 24 heavy (non-hydrogen) atoms. The monoisotopic (exact) mass is 403 g/mol. The highest BCUT2D eigenvalue weighted by atomic mass is 79.9. The molecule has 0 saturated carbocycles. The van der Waals surface area contributed by atoms with E-state index < -0.39 is 35.7 Å². The van der Waals surface area contributed by atoms with Gasteiger partial charge < -0.3 is 10.4 Å². The minimum atomic E-state index is -4.75. The summed E-state index contributed by atoms with van der Waals surface area (Å²) in [6.45, 7) is -0.654. The SMILES string of the molecule is N#Cc1cc(Br)c(NC2=CC(=O)N(CCO)C2=O)cc1C(F)(F)F. The number of alkyl halides is 3. The van der Waals surface area contributed by atoms with Crippen molar-refractivity contribution in [2.45, 2.75) is 6.18 Å². The van der Waals surface area contributed by atoms with Gasteiger partial charge in [0.15, 0.2) is 0 Å². The number of aliphatic hydroxyl groups is 1. The molecule has 0 radical (unpaired) electrons. The third-order valence-electron chi connectivity index (χ3n) is 3.14. The molecule has 0 atom stereocenters. The molecule has 1 aromatic carbocycles. The van der Waals surface area contributed by atoms with Crippen LogP contribution in [0.4, 0.5) is 18.9 Å². The van der Waals surface area contributed by atoms with E-state index in [0.29, 0.717) is 6.07 Å². The smallest absolute Gasteiger partial charge is 0.395 e. The largest absolute Gasteiger partial charge is 0.417 e. The summed E-state index contributed by atoms with van der Waals surface area (Å²) in [5.74, 6) is -1.45. The van der Waals surface area contributed by atoms with E-state index in [1.165, 1.54) is 6.07 Å². The maximum absolute atomic E-state index is 13.0. The summed E-state index contributed by atoms with van der Waals surface area (Å²) in [5.41, 5.74) is -2.10. The molecule has 0 saturated heterocycles. The van der Waals surface area contributed by atoms with Crippen LogP contribution in [0.1, 0.15) is 11.1 Å². The third kappa shape index (κ3) is 3.42. The maximum atomic E-state index is 13.0. The van der Waals surface area contributed by atoms with Gasteiger partial charge in [-0.3, -0.25) is 14.5 Å². The van der Waals surface area contributed by atoms with E-state index in [0.717, 1.165) is 17.0 Å². The van der Waals surface area contributed by atoms with Gasteiger partial charge >= 0.3 is 6.18 Å². The van der Waals surface area contributed by atoms with Gasteiger partial charge in [-0.2, -0.15) is 18.4 Å². The van der Waals surface area contributed by atoms with Crippen LogP contribution in [-0.2, 0) is 15.8 Å². The van der Waals surface area contributed by atoms with E-state index in [2.05, 4.69) is 21.2 Å². The highest BCUT2D eigenvalue weighted by Gasteiger charge is 2.35. The lowest BCUT2D eigenvalue weighted by molar-refractivity contribution is -0.138. The quantitative estimate of drug-likeness (QED) is 0.749. The lowest BCUT2D eigenvalue weighted by Crippen LogP contribution is -2.34. The number of amides is 2. The minimum Gasteiger partial charge on any atom is -0.395 e. The van der Waals surface area contributed by atoms with E-state index >= 15 is 0 Å². The molecule has 1 aliphatic heterocycles. The predicted octanol–water partition coefficient (Wildman–Crippen LogP) is 2.00. The molecule has 0 aromatic heterocycles. The molecule has 1 aromatic rings. The molecule has 0 fully saturated rings. The Balaban J connectivity index is 2.38. The molecule has 2 rings (SSSR count). The first-order chi connectivity index (χ1) is 11.2. The van der Waals surface area contributed by atoms with Crippen molar-refractivity contribution in [3.8, 4) is 6.07 Å². The second-order valence-corrected chi connectivity index (χ2v) is 5.54. The van der Waals surface area contributed by atoms with Crippen LogP contribution in [0.2, 0.25) is 0 Å². The van der Waals surface area contributed by atoms with Gasteiger partial charge in [-0.05, 0) is 28.1 Å². The Morgan fingerprint density at radius 1 is 1.33 bits per heavy atom. The van der Waals surface area contributed by atoms with Crippen molar-refractivity contribution in [1.29, 1.82) is 5.26 Å². The summed E-state index contributed by atoms with van der Waals surface area (Å²) in [4.78, 5) is 24.4. The van der Waals surface area contributed by atoms with E-state index in [-0.39, 0.29) is 22.4 Å². The third-order valence-corrected chi connectivity index (χ3v) is 3.79. The van der Waals surface area contributed by atoms with Crippen molar-refractivity contribution in [1.82, 2.24) is 4.90 Å². The first-order valence-electron chi connectivity index (χ1n) is 6.45. The van der Waals surface area contributed by atoms with Gasteiger partial charge in [-0.1, -0.05) is 0 Å². The fraction of sp³-hybridized carbons (Fsp3) is 0.214. The molecule has 0 spiro atoms. The van der Waals surface area contributed by atoms with Crippen molar-refractivity contribution < 1.29 is 27.9 Å². The summed E-state index contributed by atoms with van der Waals surface area (Å²) in [5, 5.41) is 20.1. The van der Waals surface area contributed by atoms with Gasteiger partial charge in [0.25, 0.3) is 11.8 Å². The van der Waals surface area contributed by atoms with Crippen LogP contribution in [0.15, 0.2) is 28.4 Å². The van der Waals surface area contributed by atoms with Gasteiger partial charge in [0.2, 0.25) is 0 Å². The normalized spacial score (nSPS) is 14.7. The molecule has 2 amide bonds. The summed E-state index contributed by atoms with van der Waals surface area (Å²) in [6.07, 6.45) is -3.83. The summed E-state index contributed by atoms with van der Waals surface area (Å²) in [6, 6.07) is 3.10. The van der Waals surface area contributed by atoms with Crippen LogP contribution >= 0.6 is 15.9 Å². The van der Waals surface area contributed by atoms with Gasteiger partial charge in [0.1, 0.15) is 5.70 Å². The molecule has 0 aliphatic carbocycles.